The highest BCUT2D eigenvalue weighted by atomic mass is 32.2. The van der Waals surface area contributed by atoms with E-state index in [2.05, 4.69) is 5.32 Å². The maximum atomic E-state index is 13.8. The highest BCUT2D eigenvalue weighted by Crippen LogP contribution is 2.36. The van der Waals surface area contributed by atoms with Crippen molar-refractivity contribution in [1.29, 1.82) is 0 Å². The molecule has 0 bridgehead atoms. The van der Waals surface area contributed by atoms with Gasteiger partial charge >= 0.3 is 0 Å². The van der Waals surface area contributed by atoms with Crippen LogP contribution in [-0.2, 0) is 24.4 Å². The van der Waals surface area contributed by atoms with E-state index in [0.717, 1.165) is 9.21 Å². The predicted octanol–water partition coefficient (Wildman–Crippen LogP) is 3.17. The third kappa shape index (κ3) is 4.83. The number of nitrogens with zero attached hydrogens (tertiary/aromatic N) is 2. The van der Waals surface area contributed by atoms with E-state index in [1.807, 2.05) is 6.92 Å². The molecule has 0 radical (unpaired) electrons. The van der Waals surface area contributed by atoms with Gasteiger partial charge in [-0.15, -0.1) is 0 Å². The fourth-order valence-corrected chi connectivity index (χ4v) is 5.89. The van der Waals surface area contributed by atoms with Crippen molar-refractivity contribution in [2.45, 2.75) is 57.0 Å². The number of hydrogen-bond donors (Lipinski definition) is 1. The molecule has 1 unspecified atom stereocenters. The Bertz CT molecular complexity index is 1190. The Kier molecular flexibility index (Phi) is 7.13. The lowest BCUT2D eigenvalue weighted by molar-refractivity contribution is -0.123. The predicted molar refractivity (Wildman–Crippen MR) is 128 cm³/mol. The van der Waals surface area contributed by atoms with Crippen molar-refractivity contribution in [3.05, 3.63) is 48.5 Å². The lowest BCUT2D eigenvalue weighted by atomic mass is 10.00. The number of nitrogens with one attached hydrogen (secondary N) is 1. The molecule has 1 atom stereocenters. The number of amides is 3. The molecule has 2 aromatic rings. The molecule has 182 valence electrons. The van der Waals surface area contributed by atoms with Crippen LogP contribution >= 0.6 is 0 Å². The zero-order chi connectivity index (χ0) is 25.3. The first-order valence-electron chi connectivity index (χ1n) is 10.9. The number of benzene rings is 2. The van der Waals surface area contributed by atoms with Gasteiger partial charge in [0.1, 0.15) is 11.8 Å². The molecule has 0 aliphatic carbocycles. The molecule has 1 saturated heterocycles. The summed E-state index contributed by atoms with van der Waals surface area (Å²) in [6.07, 6.45) is 0.147. The average molecular weight is 488 g/mol. The maximum Gasteiger partial charge on any atom is 0.252 e. The number of rotatable bonds is 8. The van der Waals surface area contributed by atoms with Gasteiger partial charge < -0.3 is 10.1 Å². The zero-order valence-electron chi connectivity index (χ0n) is 19.9. The maximum absolute atomic E-state index is 13.8. The van der Waals surface area contributed by atoms with E-state index in [1.54, 1.807) is 38.1 Å². The fourth-order valence-electron chi connectivity index (χ4n) is 3.90. The van der Waals surface area contributed by atoms with Crippen LogP contribution in [0.4, 0.5) is 11.4 Å². The molecule has 1 aliphatic rings. The normalized spacial score (nSPS) is 16.8. The Morgan fingerprint density at radius 3 is 2.21 bits per heavy atom. The van der Waals surface area contributed by atoms with Crippen LogP contribution in [-0.4, -0.2) is 49.1 Å². The van der Waals surface area contributed by atoms with E-state index in [-0.39, 0.29) is 17.2 Å². The van der Waals surface area contributed by atoms with Crippen molar-refractivity contribution in [3.8, 4) is 5.75 Å². The van der Waals surface area contributed by atoms with Crippen LogP contribution in [0.1, 0.15) is 40.5 Å². The van der Waals surface area contributed by atoms with E-state index >= 15 is 0 Å². The van der Waals surface area contributed by atoms with Gasteiger partial charge in [0, 0.05) is 18.2 Å². The summed E-state index contributed by atoms with van der Waals surface area (Å²) in [5.74, 6) is -0.792. The summed E-state index contributed by atoms with van der Waals surface area (Å²) in [4.78, 5) is 38.6. The summed E-state index contributed by atoms with van der Waals surface area (Å²) in [6, 6.07) is 11.0. The first-order chi connectivity index (χ1) is 15.9. The topological polar surface area (TPSA) is 113 Å². The third-order valence-electron chi connectivity index (χ3n) is 5.93. The van der Waals surface area contributed by atoms with Gasteiger partial charge in [-0.2, -0.15) is 4.31 Å². The summed E-state index contributed by atoms with van der Waals surface area (Å²) in [5.41, 5.74) is -0.152. The first-order valence-corrected chi connectivity index (χ1v) is 12.3. The SMILES string of the molecule is CCC(C)(C)N(C1CC(=O)N(c2ccc(OC)cc2)C1=O)S(=O)(=O)c1ccc(NC(C)=O)cc1. The summed E-state index contributed by atoms with van der Waals surface area (Å²) >= 11 is 0. The Balaban J connectivity index is 2.01. The van der Waals surface area contributed by atoms with E-state index in [9.17, 15) is 22.8 Å². The van der Waals surface area contributed by atoms with Gasteiger partial charge in [0.05, 0.1) is 24.1 Å². The number of anilines is 2. The fraction of sp³-hybridized carbons (Fsp3) is 0.375. The van der Waals surface area contributed by atoms with Crippen molar-refractivity contribution in [1.82, 2.24) is 4.31 Å². The lowest BCUT2D eigenvalue weighted by Crippen LogP contribution is -2.55. The molecule has 3 rings (SSSR count). The first kappa shape index (κ1) is 25.4. The van der Waals surface area contributed by atoms with Crippen molar-refractivity contribution < 1.29 is 27.5 Å². The standard InChI is InChI=1S/C24H29N3O6S/c1-6-24(3,4)27(34(31,32)20-13-7-17(8-14-20)25-16(2)28)21-15-22(29)26(23(21)30)18-9-11-19(33-5)12-10-18/h7-14,21H,6,15H2,1-5H3,(H,25,28). The quantitative estimate of drug-likeness (QED) is 0.573. The lowest BCUT2D eigenvalue weighted by Gasteiger charge is -2.39. The van der Waals surface area contributed by atoms with Gasteiger partial charge in [0.25, 0.3) is 5.91 Å². The van der Waals surface area contributed by atoms with E-state index < -0.39 is 33.4 Å². The van der Waals surface area contributed by atoms with E-state index in [1.165, 1.54) is 38.3 Å². The largest absolute Gasteiger partial charge is 0.497 e. The van der Waals surface area contributed by atoms with Crippen LogP contribution < -0.4 is 15.0 Å². The molecular formula is C24H29N3O6S. The number of hydrogen-bond acceptors (Lipinski definition) is 6. The second kappa shape index (κ2) is 9.55. The van der Waals surface area contributed by atoms with Crippen LogP contribution in [0.15, 0.2) is 53.4 Å². The van der Waals surface area contributed by atoms with E-state index in [0.29, 0.717) is 23.5 Å². The number of sulfonamides is 1. The van der Waals surface area contributed by atoms with Crippen LogP contribution in [0.3, 0.4) is 0 Å². The van der Waals surface area contributed by atoms with Gasteiger partial charge in [-0.1, -0.05) is 6.92 Å². The Hall–Kier alpha value is -3.24. The molecule has 34 heavy (non-hydrogen) atoms. The molecule has 9 nitrogen and oxygen atoms in total. The van der Waals surface area contributed by atoms with Crippen LogP contribution in [0.2, 0.25) is 0 Å². The minimum absolute atomic E-state index is 0.0359. The molecule has 0 saturated carbocycles. The summed E-state index contributed by atoms with van der Waals surface area (Å²) in [6.45, 7) is 6.63. The second-order valence-corrected chi connectivity index (χ2v) is 10.5. The Labute approximate surface area is 199 Å². The third-order valence-corrected chi connectivity index (χ3v) is 8.06. The van der Waals surface area contributed by atoms with Crippen molar-refractivity contribution >= 4 is 39.1 Å². The van der Waals surface area contributed by atoms with Gasteiger partial charge in [-0.05, 0) is 68.8 Å². The van der Waals surface area contributed by atoms with Crippen molar-refractivity contribution in [2.75, 3.05) is 17.3 Å². The number of carbonyl (C=O) groups is 3. The molecule has 1 fully saturated rings. The summed E-state index contributed by atoms with van der Waals surface area (Å²) in [7, 11) is -2.66. The van der Waals surface area contributed by atoms with Crippen LogP contribution in [0.25, 0.3) is 0 Å². The molecule has 1 heterocycles. The van der Waals surface area contributed by atoms with Crippen LogP contribution in [0, 0.1) is 0 Å². The van der Waals surface area contributed by atoms with Crippen molar-refractivity contribution in [3.63, 3.8) is 0 Å². The molecule has 0 spiro atoms. The average Bonchev–Trinajstić information content (AvgIpc) is 3.06. The Morgan fingerprint density at radius 2 is 1.71 bits per heavy atom. The number of imide groups is 1. The number of methoxy groups -OCH3 is 1. The second-order valence-electron chi connectivity index (χ2n) is 8.66. The zero-order valence-corrected chi connectivity index (χ0v) is 20.7. The minimum atomic E-state index is -4.17. The molecule has 10 heteroatoms. The van der Waals surface area contributed by atoms with E-state index in [4.69, 9.17) is 4.74 Å². The summed E-state index contributed by atoms with van der Waals surface area (Å²) < 4.78 is 33.8. The van der Waals surface area contributed by atoms with Gasteiger partial charge in [0.2, 0.25) is 21.8 Å². The highest BCUT2D eigenvalue weighted by Gasteiger charge is 2.51. The molecule has 2 aromatic carbocycles. The summed E-state index contributed by atoms with van der Waals surface area (Å²) in [5, 5.41) is 2.59. The molecule has 1 aliphatic heterocycles. The van der Waals surface area contributed by atoms with Crippen LogP contribution in [0.5, 0.6) is 5.75 Å². The highest BCUT2D eigenvalue weighted by molar-refractivity contribution is 7.89. The molecule has 3 amide bonds. The number of ether oxygens (including phenoxy) is 1. The molecular weight excluding hydrogens is 458 g/mol. The van der Waals surface area contributed by atoms with Gasteiger partial charge in [0.15, 0.2) is 0 Å². The van der Waals surface area contributed by atoms with Gasteiger partial charge in [-0.25, -0.2) is 13.3 Å². The molecule has 1 N–H and O–H groups in total. The number of carbonyl (C=O) groups excluding carboxylic acids is 3. The van der Waals surface area contributed by atoms with Gasteiger partial charge in [-0.3, -0.25) is 14.4 Å². The smallest absolute Gasteiger partial charge is 0.252 e. The monoisotopic (exact) mass is 487 g/mol. The van der Waals surface area contributed by atoms with Crippen molar-refractivity contribution in [2.24, 2.45) is 0 Å². The Morgan fingerprint density at radius 1 is 1.12 bits per heavy atom. The molecule has 0 aromatic heterocycles. The minimum Gasteiger partial charge on any atom is -0.497 e.